The molecular formula is C12H18IN5S2. The van der Waals surface area contributed by atoms with E-state index in [2.05, 4.69) is 39.4 Å². The van der Waals surface area contributed by atoms with Gasteiger partial charge in [-0.1, -0.05) is 0 Å². The van der Waals surface area contributed by atoms with Crippen LogP contribution in [-0.2, 0) is 13.1 Å². The Labute approximate surface area is 144 Å². The minimum atomic E-state index is 0. The SMILES string of the molecule is CN=C(NCc1ncc(C)s1)NCc1ncc(C)s1.I. The summed E-state index contributed by atoms with van der Waals surface area (Å²) in [7, 11) is 1.76. The minimum absolute atomic E-state index is 0. The number of aryl methyl sites for hydroxylation is 2. The summed E-state index contributed by atoms with van der Waals surface area (Å²) < 4.78 is 0. The van der Waals surface area contributed by atoms with Gasteiger partial charge in [-0.2, -0.15) is 0 Å². The second kappa shape index (κ2) is 8.53. The lowest BCUT2D eigenvalue weighted by atomic mass is 10.6. The lowest BCUT2D eigenvalue weighted by Gasteiger charge is -2.09. The number of nitrogens with zero attached hydrogens (tertiary/aromatic N) is 3. The van der Waals surface area contributed by atoms with Gasteiger partial charge in [-0.3, -0.25) is 4.99 Å². The zero-order valence-electron chi connectivity index (χ0n) is 11.6. The van der Waals surface area contributed by atoms with Gasteiger partial charge in [-0.15, -0.1) is 46.7 Å². The number of thiazole rings is 2. The van der Waals surface area contributed by atoms with E-state index in [1.807, 2.05) is 12.4 Å². The zero-order chi connectivity index (χ0) is 13.7. The highest BCUT2D eigenvalue weighted by atomic mass is 127. The molecule has 0 bridgehead atoms. The molecule has 8 heteroatoms. The molecular weight excluding hydrogens is 405 g/mol. The van der Waals surface area contributed by atoms with E-state index < -0.39 is 0 Å². The highest BCUT2D eigenvalue weighted by Gasteiger charge is 2.03. The van der Waals surface area contributed by atoms with Crippen LogP contribution in [0.2, 0.25) is 0 Å². The van der Waals surface area contributed by atoms with E-state index in [4.69, 9.17) is 0 Å². The first-order valence-electron chi connectivity index (χ1n) is 5.94. The Bertz CT molecular complexity index is 517. The largest absolute Gasteiger partial charge is 0.350 e. The first-order valence-corrected chi connectivity index (χ1v) is 7.58. The maximum Gasteiger partial charge on any atom is 0.191 e. The fourth-order valence-corrected chi connectivity index (χ4v) is 2.96. The van der Waals surface area contributed by atoms with Crippen LogP contribution in [0.4, 0.5) is 0 Å². The third-order valence-corrected chi connectivity index (χ3v) is 4.20. The maximum absolute atomic E-state index is 4.31. The van der Waals surface area contributed by atoms with Crippen molar-refractivity contribution in [1.29, 1.82) is 0 Å². The molecule has 0 unspecified atom stereocenters. The van der Waals surface area contributed by atoms with Crippen LogP contribution in [0.15, 0.2) is 17.4 Å². The van der Waals surface area contributed by atoms with E-state index >= 15 is 0 Å². The van der Waals surface area contributed by atoms with Gasteiger partial charge in [0, 0.05) is 29.2 Å². The summed E-state index contributed by atoms with van der Waals surface area (Å²) in [6.07, 6.45) is 3.77. The Morgan fingerprint density at radius 1 is 1.05 bits per heavy atom. The molecule has 2 heterocycles. The predicted octanol–water partition coefficient (Wildman–Crippen LogP) is 2.70. The fourth-order valence-electron chi connectivity index (χ4n) is 1.51. The number of rotatable bonds is 4. The number of nitrogens with one attached hydrogen (secondary N) is 2. The van der Waals surface area contributed by atoms with Gasteiger partial charge in [0.2, 0.25) is 0 Å². The van der Waals surface area contributed by atoms with Crippen molar-refractivity contribution in [2.24, 2.45) is 4.99 Å². The number of aromatic nitrogens is 2. The van der Waals surface area contributed by atoms with Crippen molar-refractivity contribution in [3.63, 3.8) is 0 Å². The predicted molar refractivity (Wildman–Crippen MR) is 96.2 cm³/mol. The summed E-state index contributed by atoms with van der Waals surface area (Å²) in [5, 5.41) is 8.60. The van der Waals surface area contributed by atoms with Crippen LogP contribution in [-0.4, -0.2) is 23.0 Å². The van der Waals surface area contributed by atoms with Crippen LogP contribution in [0.1, 0.15) is 19.8 Å². The zero-order valence-corrected chi connectivity index (χ0v) is 15.6. The molecule has 0 saturated heterocycles. The molecule has 20 heavy (non-hydrogen) atoms. The molecule has 0 radical (unpaired) electrons. The number of halogens is 1. The molecule has 0 aliphatic carbocycles. The van der Waals surface area contributed by atoms with Crippen LogP contribution in [0, 0.1) is 13.8 Å². The normalized spacial score (nSPS) is 9.75. The summed E-state index contributed by atoms with van der Waals surface area (Å²) >= 11 is 3.38. The Morgan fingerprint density at radius 3 is 1.80 bits per heavy atom. The summed E-state index contributed by atoms with van der Waals surface area (Å²) in [5.41, 5.74) is 0. The maximum atomic E-state index is 4.31. The number of hydrogen-bond donors (Lipinski definition) is 2. The standard InChI is InChI=1S/C12H17N5S2.HI/c1-8-4-14-10(18-8)6-16-12(13-3)17-7-11-15-5-9(2)19-11;/h4-5H,6-7H2,1-3H3,(H2,13,16,17);1H. The van der Waals surface area contributed by atoms with Gasteiger partial charge in [0.25, 0.3) is 0 Å². The molecule has 0 atom stereocenters. The highest BCUT2D eigenvalue weighted by Crippen LogP contribution is 2.11. The third-order valence-electron chi connectivity index (χ3n) is 2.38. The molecule has 2 aromatic rings. The second-order valence-corrected chi connectivity index (χ2v) is 6.65. The minimum Gasteiger partial charge on any atom is -0.350 e. The molecule has 2 aromatic heterocycles. The van der Waals surface area contributed by atoms with Crippen molar-refractivity contribution in [3.05, 3.63) is 32.2 Å². The number of aliphatic imine (C=N–C) groups is 1. The third kappa shape index (κ3) is 5.33. The Morgan fingerprint density at radius 2 is 1.50 bits per heavy atom. The van der Waals surface area contributed by atoms with E-state index in [9.17, 15) is 0 Å². The summed E-state index contributed by atoms with van der Waals surface area (Å²) in [4.78, 5) is 15.2. The van der Waals surface area contributed by atoms with Crippen LogP contribution in [0.25, 0.3) is 0 Å². The van der Waals surface area contributed by atoms with Gasteiger partial charge in [0.1, 0.15) is 10.0 Å². The molecule has 0 aliphatic rings. The average Bonchev–Trinajstić information content (AvgIpc) is 2.99. The Hall–Kier alpha value is -0.740. The lowest BCUT2D eigenvalue weighted by Crippen LogP contribution is -2.36. The first-order chi connectivity index (χ1) is 9.17. The summed E-state index contributed by atoms with van der Waals surface area (Å²) in [6.45, 7) is 5.49. The van der Waals surface area contributed by atoms with Crippen LogP contribution < -0.4 is 10.6 Å². The second-order valence-electron chi connectivity index (χ2n) is 4.01. The topological polar surface area (TPSA) is 62.2 Å². The van der Waals surface area contributed by atoms with Crippen molar-refractivity contribution < 1.29 is 0 Å². The Balaban J connectivity index is 0.00000200. The van der Waals surface area contributed by atoms with Gasteiger partial charge < -0.3 is 10.6 Å². The van der Waals surface area contributed by atoms with Gasteiger partial charge in [-0.25, -0.2) is 9.97 Å². The molecule has 0 fully saturated rings. The molecule has 0 aliphatic heterocycles. The quantitative estimate of drug-likeness (QED) is 0.451. The molecule has 0 spiro atoms. The molecule has 0 aromatic carbocycles. The van der Waals surface area contributed by atoms with Crippen LogP contribution in [0.5, 0.6) is 0 Å². The monoisotopic (exact) mass is 423 g/mol. The summed E-state index contributed by atoms with van der Waals surface area (Å²) in [5.74, 6) is 0.765. The van der Waals surface area contributed by atoms with E-state index in [0.29, 0.717) is 13.1 Å². The smallest absolute Gasteiger partial charge is 0.191 e. The average molecular weight is 423 g/mol. The lowest BCUT2D eigenvalue weighted by molar-refractivity contribution is 0.801. The van der Waals surface area contributed by atoms with Gasteiger partial charge in [0.15, 0.2) is 5.96 Å². The van der Waals surface area contributed by atoms with Gasteiger partial charge >= 0.3 is 0 Å². The molecule has 5 nitrogen and oxygen atoms in total. The van der Waals surface area contributed by atoms with E-state index in [1.165, 1.54) is 9.75 Å². The van der Waals surface area contributed by atoms with Crippen molar-refractivity contribution >= 4 is 52.6 Å². The van der Waals surface area contributed by atoms with Gasteiger partial charge in [-0.05, 0) is 13.8 Å². The number of guanidine groups is 1. The van der Waals surface area contributed by atoms with Crippen molar-refractivity contribution in [3.8, 4) is 0 Å². The number of hydrogen-bond acceptors (Lipinski definition) is 5. The molecule has 0 amide bonds. The van der Waals surface area contributed by atoms with Gasteiger partial charge in [0.05, 0.1) is 13.1 Å². The van der Waals surface area contributed by atoms with E-state index in [1.54, 1.807) is 29.7 Å². The first kappa shape index (κ1) is 17.3. The van der Waals surface area contributed by atoms with Crippen LogP contribution in [0.3, 0.4) is 0 Å². The van der Waals surface area contributed by atoms with Crippen molar-refractivity contribution in [2.75, 3.05) is 7.05 Å². The van der Waals surface area contributed by atoms with E-state index in [0.717, 1.165) is 16.0 Å². The van der Waals surface area contributed by atoms with Crippen LogP contribution >= 0.6 is 46.7 Å². The molecule has 0 saturated carbocycles. The summed E-state index contributed by atoms with van der Waals surface area (Å²) in [6, 6.07) is 0. The van der Waals surface area contributed by atoms with E-state index in [-0.39, 0.29) is 24.0 Å². The van der Waals surface area contributed by atoms with Crippen molar-refractivity contribution in [1.82, 2.24) is 20.6 Å². The fraction of sp³-hybridized carbons (Fsp3) is 0.417. The Kier molecular flexibility index (Phi) is 7.38. The molecule has 2 N–H and O–H groups in total. The molecule has 110 valence electrons. The van der Waals surface area contributed by atoms with Crippen molar-refractivity contribution in [2.45, 2.75) is 26.9 Å². The molecule has 2 rings (SSSR count). The highest BCUT2D eigenvalue weighted by molar-refractivity contribution is 14.0.